The van der Waals surface area contributed by atoms with E-state index in [0.29, 0.717) is 24.5 Å². The zero-order chi connectivity index (χ0) is 16.5. The van der Waals surface area contributed by atoms with Crippen molar-refractivity contribution in [2.45, 2.75) is 13.8 Å². The van der Waals surface area contributed by atoms with Crippen molar-refractivity contribution >= 4 is 29.1 Å². The van der Waals surface area contributed by atoms with E-state index in [1.165, 1.54) is 25.9 Å². The Balaban J connectivity index is 2.63. The Morgan fingerprint density at radius 1 is 1.14 bits per heavy atom. The number of anilines is 2. The zero-order valence-corrected chi connectivity index (χ0v) is 13.0. The molecule has 0 heterocycles. The molecule has 1 rings (SSSR count). The summed E-state index contributed by atoms with van der Waals surface area (Å²) in [6.07, 6.45) is 0. The molecule has 0 saturated heterocycles. The number of hydrogen-bond acceptors (Lipinski definition) is 4. The molecule has 0 radical (unpaired) electrons. The van der Waals surface area contributed by atoms with Crippen molar-refractivity contribution in [3.05, 3.63) is 24.3 Å². The summed E-state index contributed by atoms with van der Waals surface area (Å²) in [6.45, 7) is 3.48. The lowest BCUT2D eigenvalue weighted by atomic mass is 10.2. The topological polar surface area (TPSA) is 87.7 Å². The van der Waals surface area contributed by atoms with Crippen molar-refractivity contribution in [2.24, 2.45) is 0 Å². The third kappa shape index (κ3) is 6.36. The molecule has 120 valence electrons. The molecule has 0 atom stereocenters. The summed E-state index contributed by atoms with van der Waals surface area (Å²) < 4.78 is 4.91. The van der Waals surface area contributed by atoms with Gasteiger partial charge in [-0.1, -0.05) is 6.07 Å². The van der Waals surface area contributed by atoms with Crippen molar-refractivity contribution in [3.8, 4) is 0 Å². The average molecular weight is 307 g/mol. The molecule has 0 aliphatic rings. The number of ether oxygens (including phenoxy) is 1. The van der Waals surface area contributed by atoms with Crippen LogP contribution in [0.1, 0.15) is 13.8 Å². The van der Waals surface area contributed by atoms with E-state index < -0.39 is 0 Å². The van der Waals surface area contributed by atoms with Crippen molar-refractivity contribution in [2.75, 3.05) is 37.4 Å². The van der Waals surface area contributed by atoms with Crippen LogP contribution in [0.2, 0.25) is 0 Å². The molecule has 3 amide bonds. The molecule has 7 heteroatoms. The molecule has 0 saturated carbocycles. The van der Waals surface area contributed by atoms with Crippen LogP contribution in [0.15, 0.2) is 24.3 Å². The van der Waals surface area contributed by atoms with Crippen LogP contribution in [0.4, 0.5) is 11.4 Å². The minimum absolute atomic E-state index is 0.0525. The van der Waals surface area contributed by atoms with E-state index in [9.17, 15) is 14.4 Å². The van der Waals surface area contributed by atoms with Crippen LogP contribution in [-0.4, -0.2) is 49.4 Å². The lowest BCUT2D eigenvalue weighted by molar-refractivity contribution is -0.133. The highest BCUT2D eigenvalue weighted by Gasteiger charge is 2.13. The fourth-order valence-corrected chi connectivity index (χ4v) is 1.80. The molecule has 0 bridgehead atoms. The number of carbonyl (C=O) groups excluding carboxylic acids is 3. The van der Waals surface area contributed by atoms with Gasteiger partial charge in [0.05, 0.1) is 13.2 Å². The van der Waals surface area contributed by atoms with Crippen LogP contribution >= 0.6 is 0 Å². The maximum Gasteiger partial charge on any atom is 0.243 e. The van der Waals surface area contributed by atoms with Crippen molar-refractivity contribution in [1.29, 1.82) is 0 Å². The van der Waals surface area contributed by atoms with E-state index in [1.807, 2.05) is 0 Å². The Labute approximate surface area is 129 Å². The lowest BCUT2D eigenvalue weighted by Gasteiger charge is -2.20. The monoisotopic (exact) mass is 307 g/mol. The molecule has 0 aliphatic carbocycles. The Hall–Kier alpha value is -2.41. The number of nitrogens with one attached hydrogen (secondary N) is 2. The molecule has 0 aliphatic heterocycles. The second-order valence-corrected chi connectivity index (χ2v) is 4.74. The average Bonchev–Trinajstić information content (AvgIpc) is 2.42. The largest absolute Gasteiger partial charge is 0.383 e. The zero-order valence-electron chi connectivity index (χ0n) is 13.0. The van der Waals surface area contributed by atoms with E-state index in [1.54, 1.807) is 24.3 Å². The second kappa shape index (κ2) is 8.78. The first kappa shape index (κ1) is 17.6. The Kier molecular flexibility index (Phi) is 7.04. The van der Waals surface area contributed by atoms with Crippen LogP contribution < -0.4 is 10.6 Å². The first-order valence-corrected chi connectivity index (χ1v) is 6.84. The highest BCUT2D eigenvalue weighted by Crippen LogP contribution is 2.15. The summed E-state index contributed by atoms with van der Waals surface area (Å²) in [5.74, 6) is -0.698. The first-order valence-electron chi connectivity index (χ1n) is 6.84. The minimum atomic E-state index is -0.314. The third-order valence-corrected chi connectivity index (χ3v) is 2.81. The van der Waals surface area contributed by atoms with Crippen molar-refractivity contribution in [1.82, 2.24) is 4.90 Å². The maximum atomic E-state index is 12.0. The molecule has 1 aromatic carbocycles. The lowest BCUT2D eigenvalue weighted by Crippen LogP contribution is -2.38. The second-order valence-electron chi connectivity index (χ2n) is 4.74. The van der Waals surface area contributed by atoms with E-state index >= 15 is 0 Å². The van der Waals surface area contributed by atoms with Gasteiger partial charge in [-0.25, -0.2) is 0 Å². The maximum absolute atomic E-state index is 12.0. The molecular weight excluding hydrogens is 286 g/mol. The van der Waals surface area contributed by atoms with Crippen LogP contribution in [-0.2, 0) is 19.1 Å². The Morgan fingerprint density at radius 2 is 1.77 bits per heavy atom. The van der Waals surface area contributed by atoms with E-state index in [2.05, 4.69) is 10.6 Å². The molecule has 0 unspecified atom stereocenters. The molecule has 7 nitrogen and oxygen atoms in total. The summed E-state index contributed by atoms with van der Waals surface area (Å²) in [6, 6.07) is 6.79. The highest BCUT2D eigenvalue weighted by atomic mass is 16.5. The van der Waals surface area contributed by atoms with E-state index in [0.717, 1.165) is 0 Å². The first-order chi connectivity index (χ1) is 10.4. The van der Waals surface area contributed by atoms with Gasteiger partial charge >= 0.3 is 0 Å². The summed E-state index contributed by atoms with van der Waals surface area (Å²) >= 11 is 0. The molecule has 2 N–H and O–H groups in total. The van der Waals surface area contributed by atoms with Crippen LogP contribution in [0.25, 0.3) is 0 Å². The van der Waals surface area contributed by atoms with E-state index in [-0.39, 0.29) is 24.3 Å². The number of methoxy groups -OCH3 is 1. The smallest absolute Gasteiger partial charge is 0.243 e. The van der Waals surface area contributed by atoms with Gasteiger partial charge in [0.25, 0.3) is 0 Å². The fraction of sp³-hybridized carbons (Fsp3) is 0.400. The van der Waals surface area contributed by atoms with Crippen molar-refractivity contribution in [3.63, 3.8) is 0 Å². The van der Waals surface area contributed by atoms with Gasteiger partial charge in [-0.2, -0.15) is 0 Å². The fourth-order valence-electron chi connectivity index (χ4n) is 1.80. The summed E-state index contributed by atoms with van der Waals surface area (Å²) in [5, 5.41) is 5.33. The minimum Gasteiger partial charge on any atom is -0.383 e. The van der Waals surface area contributed by atoms with E-state index in [4.69, 9.17) is 4.74 Å². The van der Waals surface area contributed by atoms with Gasteiger partial charge in [0.15, 0.2) is 0 Å². The van der Waals surface area contributed by atoms with Gasteiger partial charge < -0.3 is 20.3 Å². The standard InChI is InChI=1S/C15H21N3O4/c1-11(19)16-13-5-4-6-14(9-13)17-15(21)10-18(12(2)20)7-8-22-3/h4-6,9H,7-8,10H2,1-3H3,(H,16,19)(H,17,21). The number of hydrogen-bond donors (Lipinski definition) is 2. The SMILES string of the molecule is COCCN(CC(=O)Nc1cccc(NC(C)=O)c1)C(C)=O. The molecule has 1 aromatic rings. The number of benzene rings is 1. The van der Waals surface area contributed by atoms with Crippen LogP contribution in [0, 0.1) is 0 Å². The molecular formula is C15H21N3O4. The molecule has 22 heavy (non-hydrogen) atoms. The number of carbonyl (C=O) groups is 3. The van der Waals surface area contributed by atoms with Gasteiger partial charge in [-0.15, -0.1) is 0 Å². The number of amides is 3. The number of rotatable bonds is 7. The summed E-state index contributed by atoms with van der Waals surface area (Å²) in [7, 11) is 1.53. The van der Waals surface area contributed by atoms with Gasteiger partial charge in [-0.05, 0) is 18.2 Å². The predicted octanol–water partition coefficient (Wildman–Crippen LogP) is 1.08. The summed E-state index contributed by atoms with van der Waals surface area (Å²) in [4.78, 5) is 35.9. The van der Waals surface area contributed by atoms with Gasteiger partial charge in [-0.3, -0.25) is 14.4 Å². The molecule has 0 aromatic heterocycles. The van der Waals surface area contributed by atoms with Gasteiger partial charge in [0, 0.05) is 38.9 Å². The number of nitrogens with zero attached hydrogens (tertiary/aromatic N) is 1. The third-order valence-electron chi connectivity index (χ3n) is 2.81. The van der Waals surface area contributed by atoms with Crippen molar-refractivity contribution < 1.29 is 19.1 Å². The molecule has 0 spiro atoms. The highest BCUT2D eigenvalue weighted by molar-refractivity contribution is 5.95. The quantitative estimate of drug-likeness (QED) is 0.789. The molecule has 0 fully saturated rings. The van der Waals surface area contributed by atoms with Crippen LogP contribution in [0.3, 0.4) is 0 Å². The Bertz CT molecular complexity index is 545. The Morgan fingerprint density at radius 3 is 2.32 bits per heavy atom. The van der Waals surface area contributed by atoms with Gasteiger partial charge in [0.1, 0.15) is 0 Å². The van der Waals surface area contributed by atoms with Crippen LogP contribution in [0.5, 0.6) is 0 Å². The normalized spacial score (nSPS) is 9.95. The summed E-state index contributed by atoms with van der Waals surface area (Å²) in [5.41, 5.74) is 1.14. The van der Waals surface area contributed by atoms with Gasteiger partial charge in [0.2, 0.25) is 17.7 Å². The predicted molar refractivity (Wildman–Crippen MR) is 83.5 cm³/mol.